The SMILES string of the molecule is CCC1CCC(C(N)CSc2ccccc2Br)CC1. The lowest BCUT2D eigenvalue weighted by Crippen LogP contribution is -2.35. The van der Waals surface area contributed by atoms with Gasteiger partial charge in [-0.3, -0.25) is 0 Å². The molecule has 19 heavy (non-hydrogen) atoms. The summed E-state index contributed by atoms with van der Waals surface area (Å²) in [5.41, 5.74) is 6.40. The van der Waals surface area contributed by atoms with E-state index in [4.69, 9.17) is 5.73 Å². The summed E-state index contributed by atoms with van der Waals surface area (Å²) < 4.78 is 1.18. The maximum atomic E-state index is 6.40. The molecule has 1 atom stereocenters. The Kier molecular flexibility index (Phi) is 6.24. The van der Waals surface area contributed by atoms with Gasteiger partial charge >= 0.3 is 0 Å². The first-order chi connectivity index (χ1) is 9.20. The molecular formula is C16H24BrNS. The van der Waals surface area contributed by atoms with Crippen LogP contribution in [0.1, 0.15) is 39.0 Å². The van der Waals surface area contributed by atoms with Crippen LogP contribution >= 0.6 is 27.7 Å². The van der Waals surface area contributed by atoms with E-state index >= 15 is 0 Å². The minimum Gasteiger partial charge on any atom is -0.327 e. The zero-order valence-electron chi connectivity index (χ0n) is 11.6. The van der Waals surface area contributed by atoms with Crippen molar-refractivity contribution < 1.29 is 0 Å². The number of hydrogen-bond acceptors (Lipinski definition) is 2. The van der Waals surface area contributed by atoms with Gasteiger partial charge in [-0.25, -0.2) is 0 Å². The molecule has 0 spiro atoms. The molecule has 0 heterocycles. The quantitative estimate of drug-likeness (QED) is 0.755. The second-order valence-corrected chi connectivity index (χ2v) is 7.51. The fourth-order valence-corrected chi connectivity index (χ4v) is 4.56. The van der Waals surface area contributed by atoms with Crippen molar-refractivity contribution in [3.05, 3.63) is 28.7 Å². The van der Waals surface area contributed by atoms with E-state index in [1.807, 2.05) is 11.8 Å². The second-order valence-electron chi connectivity index (χ2n) is 5.59. The van der Waals surface area contributed by atoms with Crippen LogP contribution in [0, 0.1) is 11.8 Å². The minimum absolute atomic E-state index is 0.343. The molecule has 3 heteroatoms. The summed E-state index contributed by atoms with van der Waals surface area (Å²) >= 11 is 5.48. The highest BCUT2D eigenvalue weighted by Crippen LogP contribution is 2.34. The maximum Gasteiger partial charge on any atom is 0.0311 e. The Morgan fingerprint density at radius 3 is 2.58 bits per heavy atom. The molecule has 0 aromatic heterocycles. The van der Waals surface area contributed by atoms with Gasteiger partial charge in [-0.1, -0.05) is 38.3 Å². The number of hydrogen-bond donors (Lipinski definition) is 1. The third-order valence-electron chi connectivity index (χ3n) is 4.34. The van der Waals surface area contributed by atoms with Gasteiger partial charge in [0, 0.05) is 21.2 Å². The molecule has 1 nitrogen and oxygen atoms in total. The Balaban J connectivity index is 1.79. The smallest absolute Gasteiger partial charge is 0.0311 e. The number of thioether (sulfide) groups is 1. The van der Waals surface area contributed by atoms with Gasteiger partial charge < -0.3 is 5.73 Å². The van der Waals surface area contributed by atoms with Gasteiger partial charge in [-0.15, -0.1) is 11.8 Å². The molecule has 1 aromatic carbocycles. The summed E-state index contributed by atoms with van der Waals surface area (Å²) in [6.07, 6.45) is 6.77. The Hall–Kier alpha value is 0.01000. The van der Waals surface area contributed by atoms with Crippen LogP contribution in [-0.4, -0.2) is 11.8 Å². The zero-order valence-corrected chi connectivity index (χ0v) is 14.1. The van der Waals surface area contributed by atoms with E-state index in [1.54, 1.807) is 0 Å². The second kappa shape index (κ2) is 7.70. The van der Waals surface area contributed by atoms with Crippen molar-refractivity contribution in [2.24, 2.45) is 17.6 Å². The van der Waals surface area contributed by atoms with Gasteiger partial charge in [-0.2, -0.15) is 0 Å². The molecule has 1 aliphatic carbocycles. The molecule has 106 valence electrons. The Labute approximate surface area is 129 Å². The van der Waals surface area contributed by atoms with Gasteiger partial charge in [-0.05, 0) is 52.7 Å². The van der Waals surface area contributed by atoms with Gasteiger partial charge in [0.05, 0.1) is 0 Å². The van der Waals surface area contributed by atoms with Crippen LogP contribution in [0.2, 0.25) is 0 Å². The highest BCUT2D eigenvalue weighted by molar-refractivity contribution is 9.10. The van der Waals surface area contributed by atoms with Crippen LogP contribution in [0.15, 0.2) is 33.6 Å². The maximum absolute atomic E-state index is 6.40. The number of halogens is 1. The Morgan fingerprint density at radius 1 is 1.26 bits per heavy atom. The van der Waals surface area contributed by atoms with Gasteiger partial charge in [0.15, 0.2) is 0 Å². The lowest BCUT2D eigenvalue weighted by atomic mass is 9.78. The van der Waals surface area contributed by atoms with E-state index in [9.17, 15) is 0 Å². The molecule has 2 rings (SSSR count). The monoisotopic (exact) mass is 341 g/mol. The number of benzene rings is 1. The molecule has 0 radical (unpaired) electrons. The van der Waals surface area contributed by atoms with Crippen molar-refractivity contribution in [1.82, 2.24) is 0 Å². The third-order valence-corrected chi connectivity index (χ3v) is 6.51. The van der Waals surface area contributed by atoms with Crippen molar-refractivity contribution in [2.75, 3.05) is 5.75 Å². The average Bonchev–Trinajstić information content (AvgIpc) is 2.46. The molecule has 0 saturated heterocycles. The average molecular weight is 342 g/mol. The van der Waals surface area contributed by atoms with Crippen LogP contribution in [0.5, 0.6) is 0 Å². The Morgan fingerprint density at radius 2 is 1.95 bits per heavy atom. The van der Waals surface area contributed by atoms with Crippen LogP contribution in [0.3, 0.4) is 0 Å². The van der Waals surface area contributed by atoms with Gasteiger partial charge in [0.1, 0.15) is 0 Å². The van der Waals surface area contributed by atoms with E-state index in [0.717, 1.165) is 17.6 Å². The molecule has 1 fully saturated rings. The first-order valence-corrected chi connectivity index (χ1v) is 9.11. The number of nitrogens with two attached hydrogens (primary N) is 1. The normalized spacial score (nSPS) is 25.2. The van der Waals surface area contributed by atoms with Crippen molar-refractivity contribution >= 4 is 27.7 Å². The standard InChI is InChI=1S/C16H24BrNS/c1-2-12-7-9-13(10-8-12)15(18)11-19-16-6-4-3-5-14(16)17/h3-6,12-13,15H,2,7-11,18H2,1H3. The minimum atomic E-state index is 0.343. The highest BCUT2D eigenvalue weighted by Gasteiger charge is 2.24. The summed E-state index contributed by atoms with van der Waals surface area (Å²) in [5, 5.41) is 0. The highest BCUT2D eigenvalue weighted by atomic mass is 79.9. The summed E-state index contributed by atoms with van der Waals surface area (Å²) in [4.78, 5) is 1.31. The lowest BCUT2D eigenvalue weighted by molar-refractivity contribution is 0.247. The van der Waals surface area contributed by atoms with Gasteiger partial charge in [0.25, 0.3) is 0 Å². The fourth-order valence-electron chi connectivity index (χ4n) is 2.91. The summed E-state index contributed by atoms with van der Waals surface area (Å²) in [5.74, 6) is 2.72. The zero-order chi connectivity index (χ0) is 13.7. The van der Waals surface area contributed by atoms with E-state index < -0.39 is 0 Å². The first kappa shape index (κ1) is 15.4. The largest absolute Gasteiger partial charge is 0.327 e. The third kappa shape index (κ3) is 4.51. The summed E-state index contributed by atoms with van der Waals surface area (Å²) in [7, 11) is 0. The molecule has 1 saturated carbocycles. The van der Waals surface area contributed by atoms with Crippen molar-refractivity contribution in [2.45, 2.75) is 50.0 Å². The molecule has 1 aliphatic rings. The van der Waals surface area contributed by atoms with Crippen LogP contribution in [-0.2, 0) is 0 Å². The predicted molar refractivity (Wildman–Crippen MR) is 88.6 cm³/mol. The summed E-state index contributed by atoms with van der Waals surface area (Å²) in [6.45, 7) is 2.31. The van der Waals surface area contributed by atoms with Gasteiger partial charge in [0.2, 0.25) is 0 Å². The van der Waals surface area contributed by atoms with Crippen LogP contribution in [0.4, 0.5) is 0 Å². The fraction of sp³-hybridized carbons (Fsp3) is 0.625. The lowest BCUT2D eigenvalue weighted by Gasteiger charge is -2.31. The molecule has 1 aromatic rings. The molecular weight excluding hydrogens is 318 g/mol. The molecule has 0 aliphatic heterocycles. The summed E-state index contributed by atoms with van der Waals surface area (Å²) in [6, 6.07) is 8.75. The van der Waals surface area contributed by atoms with E-state index in [-0.39, 0.29) is 0 Å². The van der Waals surface area contributed by atoms with E-state index in [2.05, 4.69) is 47.1 Å². The molecule has 0 bridgehead atoms. The molecule has 2 N–H and O–H groups in total. The van der Waals surface area contributed by atoms with Crippen LogP contribution in [0.25, 0.3) is 0 Å². The Bertz CT molecular complexity index is 388. The van der Waals surface area contributed by atoms with Crippen LogP contribution < -0.4 is 5.73 Å². The predicted octanol–water partition coefficient (Wildman–Crippen LogP) is 5.08. The van der Waals surface area contributed by atoms with E-state index in [1.165, 1.54) is 41.5 Å². The van der Waals surface area contributed by atoms with Crippen molar-refractivity contribution in [1.29, 1.82) is 0 Å². The van der Waals surface area contributed by atoms with Crippen molar-refractivity contribution in [3.63, 3.8) is 0 Å². The number of rotatable bonds is 5. The molecule has 1 unspecified atom stereocenters. The topological polar surface area (TPSA) is 26.0 Å². The first-order valence-electron chi connectivity index (χ1n) is 7.33. The molecule has 0 amide bonds. The van der Waals surface area contributed by atoms with Crippen molar-refractivity contribution in [3.8, 4) is 0 Å². The van der Waals surface area contributed by atoms with E-state index in [0.29, 0.717) is 6.04 Å².